The molecule has 5 nitrogen and oxygen atoms in total. The fourth-order valence-corrected chi connectivity index (χ4v) is 2.17. The molecular weight excluding hydrogens is 240 g/mol. The van der Waals surface area contributed by atoms with Crippen LogP contribution in [0.15, 0.2) is 0 Å². The minimum Gasteiger partial charge on any atom is -0.396 e. The van der Waals surface area contributed by atoms with Gasteiger partial charge in [0.2, 0.25) is 0 Å². The first-order valence-electron chi connectivity index (χ1n) is 7.13. The summed E-state index contributed by atoms with van der Waals surface area (Å²) in [6, 6.07) is 0.260. The summed E-state index contributed by atoms with van der Waals surface area (Å²) >= 11 is 0. The second-order valence-corrected chi connectivity index (χ2v) is 5.19. The van der Waals surface area contributed by atoms with Crippen molar-refractivity contribution in [2.45, 2.75) is 51.5 Å². The zero-order valence-electron chi connectivity index (χ0n) is 12.0. The number of nitrogens with one attached hydrogen (secondary N) is 2. The van der Waals surface area contributed by atoms with Gasteiger partial charge in [-0.15, -0.1) is 0 Å². The monoisotopic (exact) mass is 264 g/mol. The highest BCUT2D eigenvalue weighted by molar-refractivity contribution is 5.57. The number of hydrogen-bond acceptors (Lipinski definition) is 5. The van der Waals surface area contributed by atoms with E-state index in [0.29, 0.717) is 5.92 Å². The van der Waals surface area contributed by atoms with Gasteiger partial charge < -0.3 is 15.7 Å². The maximum Gasteiger partial charge on any atom is 0.136 e. The quantitative estimate of drug-likeness (QED) is 0.705. The van der Waals surface area contributed by atoms with Crippen LogP contribution in [0, 0.1) is 6.92 Å². The summed E-state index contributed by atoms with van der Waals surface area (Å²) in [5.74, 6) is 3.28. The Morgan fingerprint density at radius 3 is 2.53 bits per heavy atom. The van der Waals surface area contributed by atoms with Crippen LogP contribution in [0.5, 0.6) is 0 Å². The number of hydrogen-bond donors (Lipinski definition) is 3. The Morgan fingerprint density at radius 1 is 1.32 bits per heavy atom. The maximum atomic E-state index is 9.08. The van der Waals surface area contributed by atoms with E-state index in [1.807, 2.05) is 14.0 Å². The molecule has 3 N–H and O–H groups in total. The van der Waals surface area contributed by atoms with Gasteiger partial charge in [-0.05, 0) is 32.6 Å². The average molecular weight is 264 g/mol. The summed E-state index contributed by atoms with van der Waals surface area (Å²) < 4.78 is 0. The van der Waals surface area contributed by atoms with Gasteiger partial charge in [-0.2, -0.15) is 0 Å². The Hall–Kier alpha value is -1.36. The SMILES string of the molecule is CCC(CCO)Nc1nc(C2CC2)nc(NC)c1C. The minimum atomic E-state index is 0.198. The van der Waals surface area contributed by atoms with Crippen molar-refractivity contribution in [2.75, 3.05) is 24.3 Å². The standard InChI is InChI=1S/C14H24N4O/c1-4-11(7-8-19)16-13-9(2)12(15-3)17-14(18-13)10-5-6-10/h10-11,19H,4-8H2,1-3H3,(H2,15,16,17,18). The van der Waals surface area contributed by atoms with Crippen LogP contribution >= 0.6 is 0 Å². The molecule has 1 unspecified atom stereocenters. The summed E-state index contributed by atoms with van der Waals surface area (Å²) in [5.41, 5.74) is 1.04. The van der Waals surface area contributed by atoms with E-state index in [1.54, 1.807) is 0 Å². The largest absolute Gasteiger partial charge is 0.396 e. The highest BCUT2D eigenvalue weighted by Crippen LogP contribution is 2.39. The maximum absolute atomic E-state index is 9.08. The molecule has 1 heterocycles. The molecule has 0 saturated heterocycles. The molecule has 19 heavy (non-hydrogen) atoms. The highest BCUT2D eigenvalue weighted by Gasteiger charge is 2.28. The predicted molar refractivity (Wildman–Crippen MR) is 77.7 cm³/mol. The third-order valence-electron chi connectivity index (χ3n) is 3.65. The Labute approximate surface area is 114 Å². The number of aliphatic hydroxyl groups excluding tert-OH is 1. The van der Waals surface area contributed by atoms with E-state index in [1.165, 1.54) is 12.8 Å². The first-order chi connectivity index (χ1) is 9.19. The normalized spacial score (nSPS) is 16.2. The molecule has 1 aromatic heterocycles. The molecule has 1 aliphatic carbocycles. The third kappa shape index (κ3) is 3.35. The van der Waals surface area contributed by atoms with Crippen molar-refractivity contribution in [3.8, 4) is 0 Å². The summed E-state index contributed by atoms with van der Waals surface area (Å²) in [4.78, 5) is 9.25. The molecule has 0 amide bonds. The van der Waals surface area contributed by atoms with Gasteiger partial charge in [0, 0.05) is 31.2 Å². The molecule has 5 heteroatoms. The van der Waals surface area contributed by atoms with Crippen molar-refractivity contribution >= 4 is 11.6 Å². The number of aliphatic hydroxyl groups is 1. The van der Waals surface area contributed by atoms with Crippen LogP contribution in [0.3, 0.4) is 0 Å². The Balaban J connectivity index is 2.24. The summed E-state index contributed by atoms with van der Waals surface area (Å²) in [5, 5.41) is 15.7. The van der Waals surface area contributed by atoms with Crippen molar-refractivity contribution < 1.29 is 5.11 Å². The number of nitrogens with zero attached hydrogens (tertiary/aromatic N) is 2. The predicted octanol–water partition coefficient (Wildman–Crippen LogP) is 2.28. The van der Waals surface area contributed by atoms with Gasteiger partial charge in [0.05, 0.1) is 0 Å². The van der Waals surface area contributed by atoms with Gasteiger partial charge in [-0.3, -0.25) is 0 Å². The van der Waals surface area contributed by atoms with E-state index < -0.39 is 0 Å². The second kappa shape index (κ2) is 6.19. The van der Waals surface area contributed by atoms with Crippen molar-refractivity contribution in [1.82, 2.24) is 9.97 Å². The topological polar surface area (TPSA) is 70.1 Å². The molecule has 1 saturated carbocycles. The lowest BCUT2D eigenvalue weighted by Gasteiger charge is -2.19. The van der Waals surface area contributed by atoms with E-state index in [4.69, 9.17) is 5.11 Å². The molecule has 0 radical (unpaired) electrons. The van der Waals surface area contributed by atoms with E-state index in [9.17, 15) is 0 Å². The van der Waals surface area contributed by atoms with E-state index in [0.717, 1.165) is 35.9 Å². The molecule has 1 aliphatic rings. The van der Waals surface area contributed by atoms with Crippen molar-refractivity contribution in [2.24, 2.45) is 0 Å². The number of aromatic nitrogens is 2. The van der Waals surface area contributed by atoms with Gasteiger partial charge in [-0.1, -0.05) is 6.92 Å². The Kier molecular flexibility index (Phi) is 4.58. The average Bonchev–Trinajstić information content (AvgIpc) is 3.24. The Morgan fingerprint density at radius 2 is 2.00 bits per heavy atom. The van der Waals surface area contributed by atoms with Gasteiger partial charge >= 0.3 is 0 Å². The molecule has 0 spiro atoms. The first-order valence-corrected chi connectivity index (χ1v) is 7.13. The van der Waals surface area contributed by atoms with Gasteiger partial charge in [0.15, 0.2) is 0 Å². The van der Waals surface area contributed by atoms with Crippen LogP contribution in [0.1, 0.15) is 49.9 Å². The van der Waals surface area contributed by atoms with E-state index in [2.05, 4.69) is 27.5 Å². The van der Waals surface area contributed by atoms with Crippen molar-refractivity contribution in [3.63, 3.8) is 0 Å². The van der Waals surface area contributed by atoms with Crippen LogP contribution in [0.25, 0.3) is 0 Å². The highest BCUT2D eigenvalue weighted by atomic mass is 16.3. The Bertz CT molecular complexity index is 432. The molecule has 2 rings (SSSR count). The van der Waals surface area contributed by atoms with Crippen LogP contribution in [-0.4, -0.2) is 34.8 Å². The molecule has 1 atom stereocenters. The lowest BCUT2D eigenvalue weighted by molar-refractivity contribution is 0.278. The first kappa shape index (κ1) is 14.1. The van der Waals surface area contributed by atoms with Gasteiger partial charge in [0.25, 0.3) is 0 Å². The van der Waals surface area contributed by atoms with Gasteiger partial charge in [0.1, 0.15) is 17.5 Å². The lowest BCUT2D eigenvalue weighted by atomic mass is 10.1. The summed E-state index contributed by atoms with van der Waals surface area (Å²) in [7, 11) is 1.89. The van der Waals surface area contributed by atoms with Crippen LogP contribution in [-0.2, 0) is 0 Å². The molecule has 106 valence electrons. The zero-order chi connectivity index (χ0) is 13.8. The van der Waals surface area contributed by atoms with Gasteiger partial charge in [-0.25, -0.2) is 9.97 Å². The van der Waals surface area contributed by atoms with Crippen molar-refractivity contribution in [1.29, 1.82) is 0 Å². The molecule has 0 bridgehead atoms. The minimum absolute atomic E-state index is 0.198. The van der Waals surface area contributed by atoms with E-state index in [-0.39, 0.29) is 12.6 Å². The zero-order valence-corrected chi connectivity index (χ0v) is 12.0. The summed E-state index contributed by atoms with van der Waals surface area (Å²) in [6.07, 6.45) is 4.10. The van der Waals surface area contributed by atoms with Crippen LogP contribution in [0.2, 0.25) is 0 Å². The summed E-state index contributed by atoms with van der Waals surface area (Å²) in [6.45, 7) is 4.34. The fourth-order valence-electron chi connectivity index (χ4n) is 2.17. The van der Waals surface area contributed by atoms with Crippen LogP contribution in [0.4, 0.5) is 11.6 Å². The molecule has 1 fully saturated rings. The number of anilines is 2. The second-order valence-electron chi connectivity index (χ2n) is 5.19. The smallest absolute Gasteiger partial charge is 0.136 e. The molecular formula is C14H24N4O. The van der Waals surface area contributed by atoms with E-state index >= 15 is 0 Å². The van der Waals surface area contributed by atoms with Crippen LogP contribution < -0.4 is 10.6 Å². The lowest BCUT2D eigenvalue weighted by Crippen LogP contribution is -2.22. The van der Waals surface area contributed by atoms with Crippen molar-refractivity contribution in [3.05, 3.63) is 11.4 Å². The number of rotatable bonds is 7. The fraction of sp³-hybridized carbons (Fsp3) is 0.714. The molecule has 0 aliphatic heterocycles. The molecule has 1 aromatic rings. The molecule has 0 aromatic carbocycles. The third-order valence-corrected chi connectivity index (χ3v) is 3.65.